The highest BCUT2D eigenvalue weighted by Crippen LogP contribution is 2.09. The number of halogens is 1. The lowest BCUT2D eigenvalue weighted by molar-refractivity contribution is 0.577. The average molecular weight is 262 g/mol. The van der Waals surface area contributed by atoms with Gasteiger partial charge in [-0.25, -0.2) is 8.42 Å². The molecule has 0 spiro atoms. The Morgan fingerprint density at radius 2 is 1.57 bits per heavy atom. The maximum absolute atomic E-state index is 11.5. The maximum Gasteiger partial charge on any atom is 0.232 e. The van der Waals surface area contributed by atoms with Crippen LogP contribution in [-0.4, -0.2) is 14.1 Å². The van der Waals surface area contributed by atoms with Gasteiger partial charge in [0.15, 0.2) is 0 Å². The molecule has 86 valence electrons. The summed E-state index contributed by atoms with van der Waals surface area (Å²) in [5.74, 6) is 0. The summed E-state index contributed by atoms with van der Waals surface area (Å²) in [6, 6.07) is 0. The first-order valence-electron chi connectivity index (χ1n) is 13.4. The lowest BCUT2D eigenvalue weighted by Crippen LogP contribution is -1.96. The molecule has 0 aromatic rings. The molecule has 0 rings (SSSR count). The Labute approximate surface area is 122 Å². The van der Waals surface area contributed by atoms with Crippen molar-refractivity contribution in [3.05, 3.63) is 0 Å². The first-order chi connectivity index (χ1) is 14.5. The van der Waals surface area contributed by atoms with Crippen LogP contribution in [0.5, 0.6) is 0 Å². The molecule has 0 saturated carbocycles. The molecule has 4 heteroatoms. The van der Waals surface area contributed by atoms with Crippen LogP contribution in [0.25, 0.3) is 0 Å². The molecule has 0 aromatic heterocycles. The number of hydrogen-bond donors (Lipinski definition) is 0. The van der Waals surface area contributed by atoms with Gasteiger partial charge in [-0.15, -0.1) is 0 Å². The minimum absolute atomic E-state index is 3.97. The lowest BCUT2D eigenvalue weighted by atomic mass is 10.1. The monoisotopic (exact) mass is 261 g/mol. The second kappa shape index (κ2) is 8.54. The SMILES string of the molecule is [2H]C([2H])([2H])C([2H])([2H])C([2H])([2H])C([2H])([2H])C([2H])([2H])C([2H])([2H])C([2H])([2H])C([2H])([2H])C([2H])([2H])C([2H])([2H])S(=O)(=O)Cl. The number of hydrogen-bond acceptors (Lipinski definition) is 2. The molecular formula is C10H21ClO2S. The van der Waals surface area contributed by atoms with Crippen molar-refractivity contribution in [3.8, 4) is 0 Å². The Balaban J connectivity index is 7.21. The van der Waals surface area contributed by atoms with Gasteiger partial charge in [0.1, 0.15) is 0 Å². The quantitative estimate of drug-likeness (QED) is 0.593. The molecule has 0 fully saturated rings. The van der Waals surface area contributed by atoms with Gasteiger partial charge in [0.05, 0.1) is 5.70 Å². The van der Waals surface area contributed by atoms with E-state index in [9.17, 15) is 8.42 Å². The van der Waals surface area contributed by atoms with Crippen LogP contribution >= 0.6 is 10.7 Å². The molecule has 2 nitrogen and oxygen atoms in total. The lowest BCUT2D eigenvalue weighted by Gasteiger charge is -2.00. The Morgan fingerprint density at radius 3 is 2.07 bits per heavy atom. The molecule has 0 bridgehead atoms. The number of rotatable bonds is 9. The smallest absolute Gasteiger partial charge is 0.212 e. The standard InChI is InChI=1S/C10H21ClO2S/c1-2-3-4-5-6-7-8-9-10-14(11,12)13/h2-10H2,1H3/i1D3,2D2,3D2,4D2,5D2,6D2,7D2,8D2,9D2,10D2. The van der Waals surface area contributed by atoms with Crippen LogP contribution in [0, 0.1) is 0 Å². The van der Waals surface area contributed by atoms with E-state index < -0.39 is 72.6 Å². The van der Waals surface area contributed by atoms with Crippen molar-refractivity contribution in [2.45, 2.75) is 57.8 Å². The van der Waals surface area contributed by atoms with Crippen LogP contribution in [0.15, 0.2) is 0 Å². The predicted octanol–water partition coefficient (Wildman–Crippen LogP) is 3.70. The van der Waals surface area contributed by atoms with Gasteiger partial charge in [0, 0.05) is 39.5 Å². The molecular weight excluding hydrogens is 220 g/mol. The van der Waals surface area contributed by atoms with Gasteiger partial charge >= 0.3 is 0 Å². The van der Waals surface area contributed by atoms with Crippen molar-refractivity contribution in [3.63, 3.8) is 0 Å². The topological polar surface area (TPSA) is 34.1 Å². The van der Waals surface area contributed by atoms with Gasteiger partial charge in [0.25, 0.3) is 0 Å². The van der Waals surface area contributed by atoms with E-state index in [4.69, 9.17) is 39.5 Å². The molecule has 0 radical (unpaired) electrons. The Morgan fingerprint density at radius 1 is 1.07 bits per heavy atom. The average Bonchev–Trinajstić information content (AvgIpc) is 2.58. The summed E-state index contributed by atoms with van der Waals surface area (Å²) < 4.78 is 183. The van der Waals surface area contributed by atoms with Crippen molar-refractivity contribution < 1.29 is 37.2 Å². The second-order valence-electron chi connectivity index (χ2n) is 1.54. The summed E-state index contributed by atoms with van der Waals surface area (Å²) in [6.45, 7) is -3.97. The Kier molecular flexibility index (Phi) is 1.30. The Hall–Kier alpha value is 0.240. The van der Waals surface area contributed by atoms with Gasteiger partial charge in [-0.1, -0.05) is 51.5 Å². The maximum atomic E-state index is 11.5. The van der Waals surface area contributed by atoms with Crippen molar-refractivity contribution in [1.29, 1.82) is 0 Å². The summed E-state index contributed by atoms with van der Waals surface area (Å²) in [5, 5.41) is 0. The molecule has 0 N–H and O–H groups in total. The fourth-order valence-corrected chi connectivity index (χ4v) is 0.563. The molecule has 0 amide bonds. The van der Waals surface area contributed by atoms with E-state index in [0.29, 0.717) is 0 Å². The van der Waals surface area contributed by atoms with Gasteiger partial charge in [-0.2, -0.15) is 0 Å². The van der Waals surface area contributed by atoms with Crippen molar-refractivity contribution in [2.24, 2.45) is 0 Å². The summed E-state index contributed by atoms with van der Waals surface area (Å²) in [6.07, 6.45) is -36.9. The van der Waals surface area contributed by atoms with Gasteiger partial charge in [-0.3, -0.25) is 0 Å². The highest BCUT2D eigenvalue weighted by molar-refractivity contribution is 8.13. The third-order valence-corrected chi connectivity index (χ3v) is 1.19. The normalized spacial score (nSPS) is 44.2. The fraction of sp³-hybridized carbons (Fsp3) is 1.00. The van der Waals surface area contributed by atoms with Crippen molar-refractivity contribution >= 4 is 19.7 Å². The summed E-state index contributed by atoms with van der Waals surface area (Å²) >= 11 is 0. The minimum atomic E-state index is -5.71. The largest absolute Gasteiger partial charge is 0.232 e. The minimum Gasteiger partial charge on any atom is -0.212 e. The molecule has 0 heterocycles. The van der Waals surface area contributed by atoms with Crippen molar-refractivity contribution in [2.75, 3.05) is 5.70 Å². The van der Waals surface area contributed by atoms with Crippen LogP contribution in [0.1, 0.15) is 86.6 Å². The first-order valence-corrected chi connectivity index (χ1v) is 5.25. The van der Waals surface area contributed by atoms with E-state index in [1.54, 1.807) is 0 Å². The van der Waals surface area contributed by atoms with E-state index in [2.05, 4.69) is 0 Å². The molecule has 0 aliphatic carbocycles. The summed E-state index contributed by atoms with van der Waals surface area (Å²) in [5.41, 5.74) is -4.48. The highest BCUT2D eigenvalue weighted by Gasteiger charge is 2.03. The second-order valence-corrected chi connectivity index (χ2v) is 3.84. The van der Waals surface area contributed by atoms with E-state index in [1.807, 2.05) is 0 Å². The van der Waals surface area contributed by atoms with Gasteiger partial charge in [-0.05, 0) is 6.37 Å². The van der Waals surface area contributed by atoms with Crippen LogP contribution in [0.3, 0.4) is 0 Å². The molecule has 0 saturated heterocycles. The van der Waals surface area contributed by atoms with Crippen LogP contribution < -0.4 is 0 Å². The van der Waals surface area contributed by atoms with Crippen LogP contribution in [0.4, 0.5) is 0 Å². The fourth-order valence-electron chi connectivity index (χ4n) is 0.274. The third-order valence-electron chi connectivity index (χ3n) is 0.610. The Bertz CT molecular complexity index is 915. The predicted molar refractivity (Wildman–Crippen MR) is 62.2 cm³/mol. The van der Waals surface area contributed by atoms with Crippen molar-refractivity contribution in [1.82, 2.24) is 0 Å². The summed E-state index contributed by atoms with van der Waals surface area (Å²) in [7, 11) is -0.920. The third kappa shape index (κ3) is 12.2. The van der Waals surface area contributed by atoms with E-state index in [0.717, 1.165) is 0 Å². The molecule has 0 aliphatic rings. The first kappa shape index (κ1) is 2.13. The molecule has 0 unspecified atom stereocenters. The zero-order valence-electron chi connectivity index (χ0n) is 27.6. The zero-order valence-corrected chi connectivity index (χ0v) is 8.18. The molecule has 0 aliphatic heterocycles. The highest BCUT2D eigenvalue weighted by atomic mass is 35.7. The van der Waals surface area contributed by atoms with Gasteiger partial charge in [0.2, 0.25) is 9.05 Å². The molecule has 14 heavy (non-hydrogen) atoms. The van der Waals surface area contributed by atoms with E-state index in [1.165, 1.54) is 0 Å². The molecule has 0 atom stereocenters. The zero-order chi connectivity index (χ0) is 29.5. The van der Waals surface area contributed by atoms with Crippen LogP contribution in [-0.2, 0) is 9.05 Å². The van der Waals surface area contributed by atoms with Gasteiger partial charge < -0.3 is 0 Å². The van der Waals surface area contributed by atoms with E-state index in [-0.39, 0.29) is 0 Å². The summed E-state index contributed by atoms with van der Waals surface area (Å²) in [4.78, 5) is 0. The van der Waals surface area contributed by atoms with E-state index >= 15 is 0 Å². The van der Waals surface area contributed by atoms with Crippen LogP contribution in [0.2, 0.25) is 0 Å². The molecule has 0 aromatic carbocycles.